The lowest BCUT2D eigenvalue weighted by Crippen LogP contribution is -2.47. The van der Waals surface area contributed by atoms with Gasteiger partial charge in [-0.25, -0.2) is 97.6 Å². The van der Waals surface area contributed by atoms with E-state index in [-0.39, 0.29) is 102 Å². The number of rotatable bonds is 14. The summed E-state index contributed by atoms with van der Waals surface area (Å²) in [5.74, 6) is 4.34. The van der Waals surface area contributed by atoms with Crippen molar-refractivity contribution >= 4 is 51.1 Å². The van der Waals surface area contributed by atoms with Crippen LogP contribution >= 0.6 is 0 Å². The molecular formula is C98H149FN24O9S. The molecule has 35 heteroatoms. The van der Waals surface area contributed by atoms with Gasteiger partial charge in [-0.15, -0.1) is 0 Å². The summed E-state index contributed by atoms with van der Waals surface area (Å²) in [7, 11) is 2.39. The fraction of sp³-hybridized carbons (Fsp3) is 0.602. The van der Waals surface area contributed by atoms with Gasteiger partial charge in [-0.05, 0) is 102 Å². The largest absolute Gasteiger partial charge is 0.351 e. The number of nitrogens with zero attached hydrogens (tertiary/aromatic N) is 20. The van der Waals surface area contributed by atoms with E-state index in [1.807, 2.05) is 162 Å². The van der Waals surface area contributed by atoms with Gasteiger partial charge < -0.3 is 30.7 Å². The summed E-state index contributed by atoms with van der Waals surface area (Å²) >= 11 is 0. The Labute approximate surface area is 789 Å². The summed E-state index contributed by atoms with van der Waals surface area (Å²) in [5.41, 5.74) is 4.39. The highest BCUT2D eigenvalue weighted by Crippen LogP contribution is 2.27. The van der Waals surface area contributed by atoms with Crippen LogP contribution in [0.15, 0.2) is 97.1 Å². The van der Waals surface area contributed by atoms with Gasteiger partial charge in [0.2, 0.25) is 0 Å². The summed E-state index contributed by atoms with van der Waals surface area (Å²) in [4.78, 5) is 157. The molecule has 8 aromatic heterocycles. The molecule has 2 saturated carbocycles. The normalized spacial score (nSPS) is 14.6. The van der Waals surface area contributed by atoms with Crippen LogP contribution < -0.4 is 21.4 Å². The predicted molar refractivity (Wildman–Crippen MR) is 515 cm³/mol. The molecule has 2 aliphatic heterocycles. The molecule has 728 valence electrons. The smallest absolute Gasteiger partial charge is 0.284 e. The lowest BCUT2D eigenvalue weighted by atomic mass is 9.95. The summed E-state index contributed by atoms with van der Waals surface area (Å²) in [5, 5.41) is 10.4. The standard InChI is InChI=1S/C15H23N3O.C14H22N4O.C14H21N3O.C12H17N3O.C12H19N3O.C11H15FN2O.C11H18N4O.C9H14N2O2S/c1-15(2,3)14-16-10-9-12(18-14)13(19)17-11-7-5-4-6-8-11;1-14(2,3)13-15-6-5-11(16-13)12(19)18-9-7-17(4)8-10-18;1-14(2,3)13-15-8-7-11(16-13)12(18)17-9-5-4-6-10-17;1-12(2,3)11-13-7-6-9(15-11)10(16)14-8-4-5-8;1-5-7-13-10(16)9-6-8-14-11(15-9)12(2,3)4;1-7(15)5-9-8(12)6-13-10(14-9)11(2,3)4;1-11(2,3)10-12-7-6-8(13-10)9(16)14-15(4)5;1-9(2,3)8-10-5-7(6-11-8)14(4,12)13/h9-11H,4-8H2,1-3H3,(H,17,19);5-6H,7-10H2,1-4H3;7-8H,4-6,9-10H2,1-3H3;6-8H,4-5H2,1-3H3,(H,14,16);6,8H,5,7H2,1-4H3,(H,13,16);6H,5H2,1-4H3;6-7H,1-5H3,(H,14,16);5-6H,1-4H3. The quantitative estimate of drug-likeness (QED) is 0.0735. The number of hydrogen-bond acceptors (Lipinski definition) is 27. The molecule has 33 nitrogen and oxygen atoms in total. The number of carbonyl (C=O) groups is 7. The van der Waals surface area contributed by atoms with E-state index in [1.165, 1.54) is 45.0 Å². The van der Waals surface area contributed by atoms with Gasteiger partial charge in [0, 0.05) is 171 Å². The first-order valence-corrected chi connectivity index (χ1v) is 47.7. The van der Waals surface area contributed by atoms with Gasteiger partial charge in [0.1, 0.15) is 91.4 Å². The Morgan fingerprint density at radius 2 is 0.692 bits per heavy atom. The minimum atomic E-state index is -3.19. The Hall–Kier alpha value is -11.1. The fourth-order valence-corrected chi connectivity index (χ4v) is 12.6. The molecule has 0 spiro atoms. The Balaban J connectivity index is 0.000000269. The minimum absolute atomic E-state index is 0.0148. The molecular weight excluding hydrogens is 1710 g/mol. The van der Waals surface area contributed by atoms with Gasteiger partial charge in [-0.3, -0.25) is 39.0 Å². The molecule has 10 heterocycles. The van der Waals surface area contributed by atoms with Crippen molar-refractivity contribution < 1.29 is 46.4 Å². The lowest BCUT2D eigenvalue weighted by molar-refractivity contribution is -0.116. The average Bonchev–Trinajstić information content (AvgIpc) is 1.29. The maximum atomic E-state index is 13.2. The van der Waals surface area contributed by atoms with Gasteiger partial charge in [-0.2, -0.15) is 0 Å². The van der Waals surface area contributed by atoms with E-state index in [2.05, 4.69) is 134 Å². The topological polar surface area (TPSA) is 421 Å². The van der Waals surface area contributed by atoms with E-state index in [4.69, 9.17) is 0 Å². The van der Waals surface area contributed by atoms with Crippen LogP contribution in [0.25, 0.3) is 0 Å². The van der Waals surface area contributed by atoms with E-state index in [0.29, 0.717) is 93.6 Å². The van der Waals surface area contributed by atoms with E-state index in [0.717, 1.165) is 102 Å². The molecule has 0 aromatic carbocycles. The third kappa shape index (κ3) is 39.9. The summed E-state index contributed by atoms with van der Waals surface area (Å²) in [6, 6.07) is 10.7. The molecule has 4 N–H and O–H groups in total. The molecule has 0 radical (unpaired) electrons. The molecule has 12 rings (SSSR count). The number of piperazine rings is 1. The van der Waals surface area contributed by atoms with Crippen LogP contribution in [0.2, 0.25) is 0 Å². The van der Waals surface area contributed by atoms with Gasteiger partial charge in [0.15, 0.2) is 15.7 Å². The SMILES string of the molecule is CC(=O)Cc1nc(C(C)(C)C)ncc1F.CC(C)(C)c1ncc(S(C)(=O)=O)cn1.CC(C)(C)c1nccc(C(=O)N2CCCCC2)n1.CC(C)(C)c1nccc(C(=O)NC2CC2)n1.CC(C)(C)c1nccc(C(=O)NC2CCCCC2)n1.CCCNC(=O)c1ccnc(C(C)(C)C)n1.CN(C)NC(=O)c1ccnc(C(C)(C)C)n1.CN1CCN(C(=O)c2ccnc(C(C)(C)C)n2)CC1. The third-order valence-corrected chi connectivity index (χ3v) is 21.2. The third-order valence-electron chi connectivity index (χ3n) is 20.1. The van der Waals surface area contributed by atoms with E-state index in [1.54, 1.807) is 92.7 Å². The first-order chi connectivity index (χ1) is 61.6. The van der Waals surface area contributed by atoms with Crippen molar-refractivity contribution in [2.45, 2.75) is 317 Å². The molecule has 0 unspecified atom stereocenters. The monoisotopic (exact) mass is 1860 g/mol. The van der Waals surface area contributed by atoms with Crippen LogP contribution in [0.3, 0.4) is 0 Å². The maximum absolute atomic E-state index is 13.2. The molecule has 2 saturated heterocycles. The zero-order chi connectivity index (χ0) is 100. The minimum Gasteiger partial charge on any atom is -0.351 e. The Morgan fingerprint density at radius 1 is 0.391 bits per heavy atom. The number of likely N-dealkylation sites (tertiary alicyclic amines) is 1. The van der Waals surface area contributed by atoms with Crippen LogP contribution in [0, 0.1) is 5.82 Å². The Bertz CT molecular complexity index is 5160. The van der Waals surface area contributed by atoms with E-state index >= 15 is 0 Å². The fourth-order valence-electron chi connectivity index (χ4n) is 12.1. The molecule has 8 aromatic rings. The second-order valence-corrected chi connectivity index (χ2v) is 44.1. The lowest BCUT2D eigenvalue weighted by Gasteiger charge is -2.32. The number of Topliss-reactive ketones (excluding diaryl/α,β-unsaturated/α-hetero) is 1. The number of ketones is 1. The van der Waals surface area contributed by atoms with Gasteiger partial charge in [0.05, 0.1) is 18.3 Å². The predicted octanol–water partition coefficient (Wildman–Crippen LogP) is 14.2. The van der Waals surface area contributed by atoms with Crippen LogP contribution in [0.4, 0.5) is 4.39 Å². The Kier molecular flexibility index (Phi) is 42.1. The number of hydrazine groups is 1. The molecule has 0 bridgehead atoms. The van der Waals surface area contributed by atoms with Crippen LogP contribution in [0.1, 0.15) is 366 Å². The first kappa shape index (κ1) is 112. The highest BCUT2D eigenvalue weighted by molar-refractivity contribution is 7.90. The van der Waals surface area contributed by atoms with Crippen molar-refractivity contribution in [2.75, 3.05) is 73.2 Å². The zero-order valence-electron chi connectivity index (χ0n) is 84.7. The second kappa shape index (κ2) is 49.8. The zero-order valence-corrected chi connectivity index (χ0v) is 85.5. The number of aromatic nitrogens is 16. The first-order valence-electron chi connectivity index (χ1n) is 45.8. The highest BCUT2D eigenvalue weighted by Gasteiger charge is 2.31. The highest BCUT2D eigenvalue weighted by atomic mass is 32.2. The molecule has 2 aliphatic carbocycles. The van der Waals surface area contributed by atoms with Crippen LogP contribution in [-0.4, -0.2) is 234 Å². The second-order valence-electron chi connectivity index (χ2n) is 42.1. The van der Waals surface area contributed by atoms with Crippen molar-refractivity contribution in [3.05, 3.63) is 184 Å². The number of hydrogen-bond donors (Lipinski definition) is 4. The van der Waals surface area contributed by atoms with E-state index in [9.17, 15) is 46.4 Å². The van der Waals surface area contributed by atoms with E-state index < -0.39 is 15.7 Å². The van der Waals surface area contributed by atoms with Crippen LogP contribution in [0.5, 0.6) is 0 Å². The van der Waals surface area contributed by atoms with Crippen molar-refractivity contribution in [1.29, 1.82) is 0 Å². The molecule has 4 fully saturated rings. The molecule has 6 amide bonds. The number of likely N-dealkylation sites (N-methyl/N-ethyl adjacent to an activating group) is 1. The number of halogens is 1. The van der Waals surface area contributed by atoms with Gasteiger partial charge in [0.25, 0.3) is 35.4 Å². The summed E-state index contributed by atoms with van der Waals surface area (Å²) < 4.78 is 35.5. The van der Waals surface area contributed by atoms with Crippen LogP contribution in [-0.2, 0) is 64.4 Å². The van der Waals surface area contributed by atoms with Crippen molar-refractivity contribution in [3.8, 4) is 0 Å². The number of sulfone groups is 1. The van der Waals surface area contributed by atoms with Gasteiger partial charge in [-0.1, -0.05) is 192 Å². The van der Waals surface area contributed by atoms with Crippen molar-refractivity contribution in [1.82, 2.24) is 121 Å². The Morgan fingerprint density at radius 3 is 1.02 bits per heavy atom. The van der Waals surface area contributed by atoms with Gasteiger partial charge >= 0.3 is 0 Å². The number of nitrogens with one attached hydrogen (secondary N) is 4. The summed E-state index contributed by atoms with van der Waals surface area (Å²) in [6.45, 7) is 57.6. The number of amides is 6. The summed E-state index contributed by atoms with van der Waals surface area (Å²) in [6.07, 6.45) is 27.3. The maximum Gasteiger partial charge on any atom is 0.284 e. The number of piperidine rings is 1. The molecule has 0 atom stereocenters. The molecule has 133 heavy (non-hydrogen) atoms. The van der Waals surface area contributed by atoms with Crippen molar-refractivity contribution in [3.63, 3.8) is 0 Å². The van der Waals surface area contributed by atoms with Crippen molar-refractivity contribution in [2.24, 2.45) is 0 Å². The average molecular weight is 1860 g/mol. The number of carbonyl (C=O) groups excluding carboxylic acids is 7. The molecule has 4 aliphatic rings.